The second-order valence-electron chi connectivity index (χ2n) is 1.46. The number of nitrogens with zero attached hydrogens (tertiary/aromatic N) is 1. The summed E-state index contributed by atoms with van der Waals surface area (Å²) >= 11 is 0. The van der Waals surface area contributed by atoms with Gasteiger partial charge in [0.05, 0.1) is 5.69 Å². The Bertz CT molecular complexity index is 172. The van der Waals surface area contributed by atoms with E-state index in [9.17, 15) is 0 Å². The molecule has 50 valence electrons. The first-order chi connectivity index (χ1) is 3.93. The predicted octanol–water partition coefficient (Wildman–Crippen LogP) is 1.72. The molecule has 1 nitrogen and oxygen atoms in total. The first kappa shape index (κ1) is 8.55. The zero-order valence-electron chi connectivity index (χ0n) is 4.86. The van der Waals surface area contributed by atoms with Crippen LogP contribution >= 0.6 is 0 Å². The minimum atomic E-state index is 0. The number of hydrogen-bond acceptors (Lipinski definition) is 1. The average Bonchev–Trinajstić information content (AvgIpc) is 1.90. The minimum Gasteiger partial charge on any atom is -0.257 e. The maximum atomic E-state index is 3.98. The molecule has 1 aromatic rings. The van der Waals surface area contributed by atoms with Crippen LogP contribution in [-0.4, -0.2) is 4.98 Å². The molecule has 1 aromatic heterocycles. The summed E-state index contributed by atoms with van der Waals surface area (Å²) in [7, 11) is 0. The Morgan fingerprint density at radius 1 is 1.44 bits per heavy atom. The van der Waals surface area contributed by atoms with Gasteiger partial charge in [0.1, 0.15) is 0 Å². The van der Waals surface area contributed by atoms with E-state index in [1.54, 1.807) is 12.3 Å². The molecule has 0 saturated carbocycles. The molecule has 0 aliphatic carbocycles. The molecule has 0 spiro atoms. The summed E-state index contributed by atoms with van der Waals surface area (Å²) in [4.78, 5) is 3.98. The molecule has 0 saturated heterocycles. The zero-order valence-corrected chi connectivity index (χ0v) is 6.41. The maximum absolute atomic E-state index is 3.98. The Labute approximate surface area is 68.5 Å². The molecular formula is C7H7NPd. The van der Waals surface area contributed by atoms with Gasteiger partial charge in [0.2, 0.25) is 0 Å². The smallest absolute Gasteiger partial charge is 0.0623 e. The van der Waals surface area contributed by atoms with E-state index in [0.717, 1.165) is 5.69 Å². The average molecular weight is 212 g/mol. The van der Waals surface area contributed by atoms with Crippen molar-refractivity contribution in [2.75, 3.05) is 0 Å². The van der Waals surface area contributed by atoms with Crippen molar-refractivity contribution in [2.24, 2.45) is 0 Å². The van der Waals surface area contributed by atoms with Crippen molar-refractivity contribution in [3.05, 3.63) is 36.7 Å². The van der Waals surface area contributed by atoms with Crippen molar-refractivity contribution in [1.82, 2.24) is 4.98 Å². The summed E-state index contributed by atoms with van der Waals surface area (Å²) in [5, 5.41) is 0. The SMILES string of the molecule is C=Cc1ccccn1.[Pd]. The van der Waals surface area contributed by atoms with Gasteiger partial charge < -0.3 is 0 Å². The van der Waals surface area contributed by atoms with Crippen LogP contribution in [0.15, 0.2) is 31.0 Å². The molecule has 1 rings (SSSR count). The van der Waals surface area contributed by atoms with Gasteiger partial charge in [-0.1, -0.05) is 12.6 Å². The van der Waals surface area contributed by atoms with E-state index < -0.39 is 0 Å². The molecule has 0 fully saturated rings. The molecule has 0 aliphatic heterocycles. The number of pyridine rings is 1. The van der Waals surface area contributed by atoms with Gasteiger partial charge in [0.15, 0.2) is 0 Å². The van der Waals surface area contributed by atoms with E-state index >= 15 is 0 Å². The fourth-order valence-electron chi connectivity index (χ4n) is 0.497. The Kier molecular flexibility index (Phi) is 4.21. The van der Waals surface area contributed by atoms with Gasteiger partial charge in [-0.2, -0.15) is 0 Å². The molecule has 0 aliphatic rings. The summed E-state index contributed by atoms with van der Waals surface area (Å²) in [6.07, 6.45) is 3.47. The van der Waals surface area contributed by atoms with Crippen molar-refractivity contribution in [3.63, 3.8) is 0 Å². The fourth-order valence-corrected chi connectivity index (χ4v) is 0.497. The molecule has 0 N–H and O–H groups in total. The first-order valence-electron chi connectivity index (χ1n) is 2.47. The topological polar surface area (TPSA) is 12.9 Å². The van der Waals surface area contributed by atoms with E-state index in [-0.39, 0.29) is 20.4 Å². The number of hydrogen-bond donors (Lipinski definition) is 0. The monoisotopic (exact) mass is 211 g/mol. The van der Waals surface area contributed by atoms with Crippen molar-refractivity contribution < 1.29 is 20.4 Å². The third-order valence-corrected chi connectivity index (χ3v) is 0.897. The molecule has 0 unspecified atom stereocenters. The van der Waals surface area contributed by atoms with E-state index in [2.05, 4.69) is 11.6 Å². The number of aromatic nitrogens is 1. The molecule has 0 radical (unpaired) electrons. The molecule has 1 heterocycles. The van der Waals surface area contributed by atoms with Gasteiger partial charge >= 0.3 is 0 Å². The van der Waals surface area contributed by atoms with Crippen LogP contribution in [0.4, 0.5) is 0 Å². The van der Waals surface area contributed by atoms with Crippen molar-refractivity contribution >= 4 is 6.08 Å². The van der Waals surface area contributed by atoms with E-state index in [0.29, 0.717) is 0 Å². The largest absolute Gasteiger partial charge is 0.257 e. The van der Waals surface area contributed by atoms with Gasteiger partial charge in [-0.15, -0.1) is 0 Å². The fraction of sp³-hybridized carbons (Fsp3) is 0. The van der Waals surface area contributed by atoms with Crippen LogP contribution in [0.3, 0.4) is 0 Å². The molecule has 0 aromatic carbocycles. The van der Waals surface area contributed by atoms with Crippen molar-refractivity contribution in [3.8, 4) is 0 Å². The summed E-state index contributed by atoms with van der Waals surface area (Å²) in [5.41, 5.74) is 0.924. The molecule has 0 bridgehead atoms. The van der Waals surface area contributed by atoms with E-state index in [4.69, 9.17) is 0 Å². The molecular weight excluding hydrogens is 205 g/mol. The first-order valence-corrected chi connectivity index (χ1v) is 2.47. The van der Waals surface area contributed by atoms with Crippen LogP contribution in [0.1, 0.15) is 5.69 Å². The van der Waals surface area contributed by atoms with Crippen molar-refractivity contribution in [1.29, 1.82) is 0 Å². The van der Waals surface area contributed by atoms with Crippen LogP contribution < -0.4 is 0 Å². The van der Waals surface area contributed by atoms with E-state index in [1.807, 2.05) is 18.2 Å². The minimum absolute atomic E-state index is 0. The van der Waals surface area contributed by atoms with Crippen LogP contribution in [-0.2, 0) is 20.4 Å². The third kappa shape index (κ3) is 2.55. The van der Waals surface area contributed by atoms with Crippen LogP contribution in [0.5, 0.6) is 0 Å². The van der Waals surface area contributed by atoms with Crippen LogP contribution in [0.25, 0.3) is 6.08 Å². The molecule has 9 heavy (non-hydrogen) atoms. The van der Waals surface area contributed by atoms with Crippen LogP contribution in [0.2, 0.25) is 0 Å². The summed E-state index contributed by atoms with van der Waals surface area (Å²) in [5.74, 6) is 0. The summed E-state index contributed by atoms with van der Waals surface area (Å²) in [6, 6.07) is 5.73. The second-order valence-corrected chi connectivity index (χ2v) is 1.46. The Morgan fingerprint density at radius 2 is 2.22 bits per heavy atom. The third-order valence-electron chi connectivity index (χ3n) is 0.897. The number of rotatable bonds is 1. The van der Waals surface area contributed by atoms with Crippen LogP contribution in [0, 0.1) is 0 Å². The quantitative estimate of drug-likeness (QED) is 0.645. The molecule has 0 amide bonds. The Balaban J connectivity index is 0.000000640. The second kappa shape index (κ2) is 4.43. The van der Waals surface area contributed by atoms with E-state index in [1.165, 1.54) is 0 Å². The van der Waals surface area contributed by atoms with Gasteiger partial charge in [0.25, 0.3) is 0 Å². The summed E-state index contributed by atoms with van der Waals surface area (Å²) in [6.45, 7) is 3.57. The maximum Gasteiger partial charge on any atom is 0.0623 e. The standard InChI is InChI=1S/C7H7N.Pd/c1-2-7-5-3-4-6-8-7;/h2-6H,1H2;. The van der Waals surface area contributed by atoms with Gasteiger partial charge in [-0.25, -0.2) is 0 Å². The predicted molar refractivity (Wildman–Crippen MR) is 34.3 cm³/mol. The van der Waals surface area contributed by atoms with Gasteiger partial charge in [0, 0.05) is 26.6 Å². The molecule has 0 atom stereocenters. The van der Waals surface area contributed by atoms with Gasteiger partial charge in [-0.05, 0) is 18.2 Å². The van der Waals surface area contributed by atoms with Crippen molar-refractivity contribution in [2.45, 2.75) is 0 Å². The molecule has 2 heteroatoms. The summed E-state index contributed by atoms with van der Waals surface area (Å²) < 4.78 is 0. The Hall–Kier alpha value is -0.448. The Morgan fingerprint density at radius 3 is 2.56 bits per heavy atom. The normalized spacial score (nSPS) is 7.56. The van der Waals surface area contributed by atoms with Gasteiger partial charge in [-0.3, -0.25) is 4.98 Å². The zero-order chi connectivity index (χ0) is 5.82.